The molecular weight excluding hydrogens is 376 g/mol. The SMILES string of the molecule is CCCCCCNCCC(CCCCC)OC(=O)C(CCN)(CCN)N(CC)CC. The van der Waals surface area contributed by atoms with Crippen LogP contribution in [0.3, 0.4) is 0 Å². The molecule has 0 aliphatic rings. The van der Waals surface area contributed by atoms with Gasteiger partial charge in [0, 0.05) is 0 Å². The number of hydrogen-bond donors (Lipinski definition) is 3. The number of hydrogen-bond acceptors (Lipinski definition) is 6. The molecule has 0 rings (SSSR count). The minimum absolute atomic E-state index is 0.0438. The molecule has 30 heavy (non-hydrogen) atoms. The second kappa shape index (κ2) is 19.0. The maximum Gasteiger partial charge on any atom is 0.326 e. The van der Waals surface area contributed by atoms with Crippen LogP contribution in [0.2, 0.25) is 0 Å². The molecule has 0 aromatic rings. The van der Waals surface area contributed by atoms with Crippen LogP contribution in [-0.2, 0) is 9.53 Å². The molecule has 0 bridgehead atoms. The number of rotatable bonds is 21. The van der Waals surface area contributed by atoms with Gasteiger partial charge in [-0.2, -0.15) is 0 Å². The van der Waals surface area contributed by atoms with Gasteiger partial charge in [-0.1, -0.05) is 59.8 Å². The molecule has 6 nitrogen and oxygen atoms in total. The molecule has 0 saturated carbocycles. The third-order valence-corrected chi connectivity index (χ3v) is 6.12. The van der Waals surface area contributed by atoms with Crippen LogP contribution in [0, 0.1) is 0 Å². The Morgan fingerprint density at radius 2 is 1.47 bits per heavy atom. The van der Waals surface area contributed by atoms with Crippen molar-refractivity contribution in [3.63, 3.8) is 0 Å². The van der Waals surface area contributed by atoms with Crippen molar-refractivity contribution in [2.24, 2.45) is 11.5 Å². The molecule has 1 unspecified atom stereocenters. The van der Waals surface area contributed by atoms with E-state index < -0.39 is 5.54 Å². The standard InChI is InChI=1S/C24H52N4O2/c1-5-9-11-13-20-27-21-15-22(14-12-10-6-2)30-23(29)24(16-18-25,17-19-26)28(7-3)8-4/h22,27H,5-21,25-26H2,1-4H3. The van der Waals surface area contributed by atoms with E-state index in [2.05, 4.69) is 37.9 Å². The zero-order valence-corrected chi connectivity index (χ0v) is 20.5. The zero-order chi connectivity index (χ0) is 22.7. The first kappa shape index (κ1) is 29.3. The summed E-state index contributed by atoms with van der Waals surface area (Å²) < 4.78 is 6.17. The number of unbranched alkanes of at least 4 members (excludes halogenated alkanes) is 5. The molecule has 180 valence electrons. The number of carbonyl (C=O) groups excluding carboxylic acids is 1. The van der Waals surface area contributed by atoms with Gasteiger partial charge < -0.3 is 21.5 Å². The van der Waals surface area contributed by atoms with E-state index in [1.54, 1.807) is 0 Å². The average molecular weight is 429 g/mol. The fourth-order valence-corrected chi connectivity index (χ4v) is 4.29. The molecule has 0 aliphatic carbocycles. The van der Waals surface area contributed by atoms with Crippen molar-refractivity contribution in [3.8, 4) is 0 Å². The second-order valence-electron chi connectivity index (χ2n) is 8.40. The van der Waals surface area contributed by atoms with Gasteiger partial charge in [-0.15, -0.1) is 0 Å². The predicted molar refractivity (Wildman–Crippen MR) is 129 cm³/mol. The maximum atomic E-state index is 13.5. The van der Waals surface area contributed by atoms with Crippen molar-refractivity contribution in [1.82, 2.24) is 10.2 Å². The van der Waals surface area contributed by atoms with E-state index in [4.69, 9.17) is 16.2 Å². The lowest BCUT2D eigenvalue weighted by atomic mass is 9.88. The van der Waals surface area contributed by atoms with Gasteiger partial charge in [0.05, 0.1) is 0 Å². The van der Waals surface area contributed by atoms with Crippen LogP contribution in [0.5, 0.6) is 0 Å². The third-order valence-electron chi connectivity index (χ3n) is 6.12. The van der Waals surface area contributed by atoms with Crippen molar-refractivity contribution in [3.05, 3.63) is 0 Å². The van der Waals surface area contributed by atoms with E-state index in [9.17, 15) is 4.79 Å². The Balaban J connectivity index is 5.03. The summed E-state index contributed by atoms with van der Waals surface area (Å²) in [5, 5.41) is 3.53. The molecular formula is C24H52N4O2. The Labute approximate surface area is 186 Å². The molecule has 0 aromatic carbocycles. The molecule has 6 heteroatoms. The minimum atomic E-state index is -0.705. The first-order chi connectivity index (χ1) is 14.6. The highest BCUT2D eigenvalue weighted by atomic mass is 16.5. The number of ether oxygens (including phenoxy) is 1. The minimum Gasteiger partial charge on any atom is -0.461 e. The molecule has 0 aliphatic heterocycles. The summed E-state index contributed by atoms with van der Waals surface area (Å²) in [6, 6.07) is 0. The van der Waals surface area contributed by atoms with Gasteiger partial charge in [-0.25, -0.2) is 0 Å². The lowest BCUT2D eigenvalue weighted by Gasteiger charge is -2.41. The average Bonchev–Trinajstić information content (AvgIpc) is 2.74. The second-order valence-corrected chi connectivity index (χ2v) is 8.40. The lowest BCUT2D eigenvalue weighted by Crippen LogP contribution is -2.58. The number of carbonyl (C=O) groups is 1. The molecule has 0 heterocycles. The number of likely N-dealkylation sites (N-methyl/N-ethyl adjacent to an activating group) is 1. The van der Waals surface area contributed by atoms with E-state index >= 15 is 0 Å². The fraction of sp³-hybridized carbons (Fsp3) is 0.958. The summed E-state index contributed by atoms with van der Waals surface area (Å²) >= 11 is 0. The normalized spacial score (nSPS) is 13.0. The Morgan fingerprint density at radius 1 is 0.867 bits per heavy atom. The number of esters is 1. The van der Waals surface area contributed by atoms with Crippen molar-refractivity contribution >= 4 is 5.97 Å². The largest absolute Gasteiger partial charge is 0.461 e. The summed E-state index contributed by atoms with van der Waals surface area (Å²) in [5.41, 5.74) is 11.1. The summed E-state index contributed by atoms with van der Waals surface area (Å²) in [6.07, 6.45) is 11.4. The Hall–Kier alpha value is -0.690. The highest BCUT2D eigenvalue weighted by Crippen LogP contribution is 2.27. The fourth-order valence-electron chi connectivity index (χ4n) is 4.29. The maximum absolute atomic E-state index is 13.5. The number of nitrogens with zero attached hydrogens (tertiary/aromatic N) is 1. The van der Waals surface area contributed by atoms with Crippen LogP contribution in [0.1, 0.15) is 98.3 Å². The van der Waals surface area contributed by atoms with Gasteiger partial charge in [0.2, 0.25) is 0 Å². The highest BCUT2D eigenvalue weighted by Gasteiger charge is 2.43. The lowest BCUT2D eigenvalue weighted by molar-refractivity contribution is -0.166. The molecule has 0 spiro atoms. The molecule has 1 atom stereocenters. The van der Waals surface area contributed by atoms with Crippen LogP contribution in [0.15, 0.2) is 0 Å². The van der Waals surface area contributed by atoms with Crippen LogP contribution >= 0.6 is 0 Å². The van der Waals surface area contributed by atoms with Gasteiger partial charge in [0.1, 0.15) is 11.6 Å². The van der Waals surface area contributed by atoms with E-state index in [0.29, 0.717) is 25.9 Å². The van der Waals surface area contributed by atoms with Crippen LogP contribution in [0.4, 0.5) is 0 Å². The summed E-state index contributed by atoms with van der Waals surface area (Å²) in [7, 11) is 0. The number of nitrogens with one attached hydrogen (secondary N) is 1. The summed E-state index contributed by atoms with van der Waals surface area (Å²) in [6.45, 7) is 13.0. The Morgan fingerprint density at radius 3 is 2.00 bits per heavy atom. The van der Waals surface area contributed by atoms with Crippen molar-refractivity contribution in [1.29, 1.82) is 0 Å². The molecule has 5 N–H and O–H groups in total. The first-order valence-electron chi connectivity index (χ1n) is 12.6. The molecule has 0 fully saturated rings. The van der Waals surface area contributed by atoms with Gasteiger partial charge in [-0.3, -0.25) is 9.69 Å². The van der Waals surface area contributed by atoms with Gasteiger partial charge in [-0.05, 0) is 77.8 Å². The van der Waals surface area contributed by atoms with E-state index in [1.807, 2.05) is 0 Å². The van der Waals surface area contributed by atoms with E-state index in [-0.39, 0.29) is 12.1 Å². The third kappa shape index (κ3) is 11.1. The van der Waals surface area contributed by atoms with Gasteiger partial charge in [0.25, 0.3) is 0 Å². The molecule has 0 radical (unpaired) electrons. The van der Waals surface area contributed by atoms with E-state index in [1.165, 1.54) is 38.5 Å². The Kier molecular flexibility index (Phi) is 18.6. The molecule has 0 saturated heterocycles. The quantitative estimate of drug-likeness (QED) is 0.190. The topological polar surface area (TPSA) is 93.6 Å². The predicted octanol–water partition coefficient (Wildman–Crippen LogP) is 3.82. The Bertz CT molecular complexity index is 397. The molecule has 0 aromatic heterocycles. The first-order valence-corrected chi connectivity index (χ1v) is 12.6. The van der Waals surface area contributed by atoms with Gasteiger partial charge in [0.15, 0.2) is 0 Å². The van der Waals surface area contributed by atoms with Crippen LogP contribution < -0.4 is 16.8 Å². The summed E-state index contributed by atoms with van der Waals surface area (Å²) in [5.74, 6) is -0.133. The molecule has 0 amide bonds. The van der Waals surface area contributed by atoms with Crippen LogP contribution in [0.25, 0.3) is 0 Å². The number of nitrogens with two attached hydrogens (primary N) is 2. The summed E-state index contributed by atoms with van der Waals surface area (Å²) in [4.78, 5) is 15.6. The smallest absolute Gasteiger partial charge is 0.326 e. The van der Waals surface area contributed by atoms with Crippen LogP contribution in [-0.4, -0.2) is 61.8 Å². The monoisotopic (exact) mass is 428 g/mol. The van der Waals surface area contributed by atoms with E-state index in [0.717, 1.165) is 45.4 Å². The van der Waals surface area contributed by atoms with Gasteiger partial charge >= 0.3 is 5.97 Å². The highest BCUT2D eigenvalue weighted by molar-refractivity contribution is 5.81. The van der Waals surface area contributed by atoms with Crippen molar-refractivity contribution in [2.45, 2.75) is 110 Å². The van der Waals surface area contributed by atoms with Crippen molar-refractivity contribution in [2.75, 3.05) is 39.3 Å². The zero-order valence-electron chi connectivity index (χ0n) is 20.5. The van der Waals surface area contributed by atoms with Crippen molar-refractivity contribution < 1.29 is 9.53 Å².